The molecule has 3 heteroatoms. The van der Waals surface area contributed by atoms with Gasteiger partial charge in [-0.05, 0) is 12.0 Å². The molecule has 0 bridgehead atoms. The van der Waals surface area contributed by atoms with Crippen LogP contribution in [0, 0.1) is 5.92 Å². The summed E-state index contributed by atoms with van der Waals surface area (Å²) in [4.78, 5) is 13.5. The Morgan fingerprint density at radius 1 is 1.35 bits per heavy atom. The van der Waals surface area contributed by atoms with Crippen molar-refractivity contribution < 1.29 is 9.90 Å². The van der Waals surface area contributed by atoms with Crippen molar-refractivity contribution in [3.05, 3.63) is 35.9 Å². The van der Waals surface area contributed by atoms with Crippen LogP contribution in [0.25, 0.3) is 0 Å². The van der Waals surface area contributed by atoms with Crippen molar-refractivity contribution >= 4 is 5.91 Å². The fraction of sp³-hybridized carbons (Fsp3) is 0.500. The molecule has 3 nitrogen and oxygen atoms in total. The Bertz CT molecular complexity index is 375. The van der Waals surface area contributed by atoms with Gasteiger partial charge in [0, 0.05) is 14.1 Å². The zero-order valence-corrected chi connectivity index (χ0v) is 11.0. The first kappa shape index (κ1) is 13.7. The monoisotopic (exact) mass is 235 g/mol. The number of carbonyl (C=O) groups excluding carboxylic acids is 1. The van der Waals surface area contributed by atoms with E-state index in [2.05, 4.69) is 0 Å². The molecule has 0 heterocycles. The highest BCUT2D eigenvalue weighted by atomic mass is 16.3. The Balaban J connectivity index is 3.08. The van der Waals surface area contributed by atoms with Crippen LogP contribution in [0.1, 0.15) is 25.8 Å². The van der Waals surface area contributed by atoms with Gasteiger partial charge in [-0.1, -0.05) is 44.2 Å². The zero-order chi connectivity index (χ0) is 13.1. The van der Waals surface area contributed by atoms with Gasteiger partial charge in [0.1, 0.15) is 5.60 Å². The number of hydrogen-bond donors (Lipinski definition) is 1. The van der Waals surface area contributed by atoms with E-state index in [1.165, 1.54) is 4.90 Å². The van der Waals surface area contributed by atoms with E-state index in [0.29, 0.717) is 6.42 Å². The molecule has 0 aromatic heterocycles. The number of benzene rings is 1. The fourth-order valence-electron chi connectivity index (χ4n) is 2.08. The molecule has 1 N–H and O–H groups in total. The second-order valence-electron chi connectivity index (χ2n) is 4.60. The smallest absolute Gasteiger partial charge is 0.228 e. The van der Waals surface area contributed by atoms with E-state index < -0.39 is 11.5 Å². The molecular formula is C14H21NO2. The maximum Gasteiger partial charge on any atom is 0.228 e. The molecule has 0 saturated heterocycles. The Morgan fingerprint density at radius 2 is 1.88 bits per heavy atom. The van der Waals surface area contributed by atoms with E-state index in [9.17, 15) is 9.90 Å². The summed E-state index contributed by atoms with van der Waals surface area (Å²) in [5, 5.41) is 10.7. The van der Waals surface area contributed by atoms with Gasteiger partial charge in [-0.25, -0.2) is 0 Å². The molecule has 0 aliphatic rings. The van der Waals surface area contributed by atoms with Crippen LogP contribution in [0.3, 0.4) is 0 Å². The first-order chi connectivity index (χ1) is 7.93. The quantitative estimate of drug-likeness (QED) is 0.867. The molecule has 2 atom stereocenters. The summed E-state index contributed by atoms with van der Waals surface area (Å²) in [7, 11) is 3.42. The lowest BCUT2D eigenvalue weighted by atomic mass is 9.79. The third-order valence-electron chi connectivity index (χ3n) is 3.34. The summed E-state index contributed by atoms with van der Waals surface area (Å²) in [6.07, 6.45) is 0.512. The molecule has 0 radical (unpaired) electrons. The molecule has 1 aromatic rings. The van der Waals surface area contributed by atoms with Gasteiger partial charge in [-0.3, -0.25) is 4.79 Å². The van der Waals surface area contributed by atoms with Crippen molar-refractivity contribution in [2.24, 2.45) is 5.92 Å². The van der Waals surface area contributed by atoms with Crippen LogP contribution in [0.4, 0.5) is 0 Å². The first-order valence-electron chi connectivity index (χ1n) is 5.92. The van der Waals surface area contributed by atoms with Gasteiger partial charge in [0.2, 0.25) is 5.91 Å². The third-order valence-corrected chi connectivity index (χ3v) is 3.34. The van der Waals surface area contributed by atoms with Crippen molar-refractivity contribution in [1.82, 2.24) is 4.90 Å². The predicted molar refractivity (Wildman–Crippen MR) is 68.5 cm³/mol. The highest BCUT2D eigenvalue weighted by Crippen LogP contribution is 2.33. The zero-order valence-electron chi connectivity index (χ0n) is 11.0. The molecule has 0 fully saturated rings. The van der Waals surface area contributed by atoms with Crippen LogP contribution >= 0.6 is 0 Å². The largest absolute Gasteiger partial charge is 0.384 e. The topological polar surface area (TPSA) is 40.5 Å². The maximum atomic E-state index is 12.0. The summed E-state index contributed by atoms with van der Waals surface area (Å²) in [6.45, 7) is 3.67. The number of aliphatic hydroxyl groups is 1. The highest BCUT2D eigenvalue weighted by molar-refractivity contribution is 5.79. The van der Waals surface area contributed by atoms with Crippen LogP contribution in [0.15, 0.2) is 30.3 Å². The van der Waals surface area contributed by atoms with Gasteiger partial charge in [-0.15, -0.1) is 0 Å². The van der Waals surface area contributed by atoms with Crippen LogP contribution < -0.4 is 0 Å². The average Bonchev–Trinajstić information content (AvgIpc) is 2.36. The number of amides is 1. The molecule has 0 saturated carbocycles. The van der Waals surface area contributed by atoms with Crippen molar-refractivity contribution in [1.29, 1.82) is 0 Å². The summed E-state index contributed by atoms with van der Waals surface area (Å²) < 4.78 is 0. The Hall–Kier alpha value is -1.35. The predicted octanol–water partition coefficient (Wildman–Crippen LogP) is 2.01. The summed E-state index contributed by atoms with van der Waals surface area (Å²) in [5.41, 5.74) is -0.298. The van der Waals surface area contributed by atoms with E-state index in [1.807, 2.05) is 37.3 Å². The SMILES string of the molecule is CC[C@](O)(c1ccccc1)[C@@H](C)C(=O)N(C)C. The van der Waals surface area contributed by atoms with E-state index in [0.717, 1.165) is 5.56 Å². The summed E-state index contributed by atoms with van der Waals surface area (Å²) in [5.74, 6) is -0.511. The number of carbonyl (C=O) groups is 1. The minimum Gasteiger partial charge on any atom is -0.384 e. The molecular weight excluding hydrogens is 214 g/mol. The van der Waals surface area contributed by atoms with Crippen molar-refractivity contribution in [2.45, 2.75) is 25.9 Å². The number of hydrogen-bond acceptors (Lipinski definition) is 2. The maximum absolute atomic E-state index is 12.0. The van der Waals surface area contributed by atoms with E-state index in [-0.39, 0.29) is 5.91 Å². The summed E-state index contributed by atoms with van der Waals surface area (Å²) >= 11 is 0. The first-order valence-corrected chi connectivity index (χ1v) is 5.92. The lowest BCUT2D eigenvalue weighted by Gasteiger charge is -2.34. The Morgan fingerprint density at radius 3 is 2.29 bits per heavy atom. The molecule has 1 aromatic carbocycles. The van der Waals surface area contributed by atoms with Crippen LogP contribution in [0.5, 0.6) is 0 Å². The second kappa shape index (κ2) is 5.32. The van der Waals surface area contributed by atoms with Crippen LogP contribution in [-0.4, -0.2) is 30.0 Å². The normalized spacial score (nSPS) is 16.1. The van der Waals surface area contributed by atoms with Crippen molar-refractivity contribution in [3.63, 3.8) is 0 Å². The number of rotatable bonds is 4. The van der Waals surface area contributed by atoms with E-state index >= 15 is 0 Å². The molecule has 0 spiro atoms. The molecule has 0 unspecified atom stereocenters. The molecule has 1 rings (SSSR count). The molecule has 0 aliphatic heterocycles. The van der Waals surface area contributed by atoms with Crippen molar-refractivity contribution in [3.8, 4) is 0 Å². The van der Waals surface area contributed by atoms with Gasteiger partial charge in [0.05, 0.1) is 5.92 Å². The highest BCUT2D eigenvalue weighted by Gasteiger charge is 2.38. The molecule has 94 valence electrons. The molecule has 1 amide bonds. The van der Waals surface area contributed by atoms with Crippen LogP contribution in [-0.2, 0) is 10.4 Å². The van der Waals surface area contributed by atoms with Gasteiger partial charge in [0.15, 0.2) is 0 Å². The minimum atomic E-state index is -1.09. The minimum absolute atomic E-state index is 0.0572. The second-order valence-corrected chi connectivity index (χ2v) is 4.60. The summed E-state index contributed by atoms with van der Waals surface area (Å²) in [6, 6.07) is 9.38. The lowest BCUT2D eigenvalue weighted by Crippen LogP contribution is -2.42. The standard InChI is InChI=1S/C14H21NO2/c1-5-14(17,11(2)13(16)15(3)4)12-9-7-6-8-10-12/h6-11,17H,5H2,1-4H3/t11-,14+/m0/s1. The van der Waals surface area contributed by atoms with Crippen molar-refractivity contribution in [2.75, 3.05) is 14.1 Å². The Kier molecular flexibility index (Phi) is 4.29. The van der Waals surface area contributed by atoms with Gasteiger partial charge < -0.3 is 10.0 Å². The van der Waals surface area contributed by atoms with E-state index in [1.54, 1.807) is 21.0 Å². The van der Waals surface area contributed by atoms with E-state index in [4.69, 9.17) is 0 Å². The fourth-order valence-corrected chi connectivity index (χ4v) is 2.08. The van der Waals surface area contributed by atoms with Gasteiger partial charge in [0.25, 0.3) is 0 Å². The van der Waals surface area contributed by atoms with Crippen LogP contribution in [0.2, 0.25) is 0 Å². The third kappa shape index (κ3) is 2.67. The lowest BCUT2D eigenvalue weighted by molar-refractivity contribution is -0.143. The van der Waals surface area contributed by atoms with Gasteiger partial charge in [-0.2, -0.15) is 0 Å². The van der Waals surface area contributed by atoms with Gasteiger partial charge >= 0.3 is 0 Å². The Labute approximate surface area is 103 Å². The number of nitrogens with zero attached hydrogens (tertiary/aromatic N) is 1. The molecule has 0 aliphatic carbocycles. The molecule has 17 heavy (non-hydrogen) atoms. The average molecular weight is 235 g/mol.